The van der Waals surface area contributed by atoms with Gasteiger partial charge in [-0.15, -0.1) is 0 Å². The average molecular weight is 556 g/mol. The second-order valence-corrected chi connectivity index (χ2v) is 11.7. The zero-order valence-electron chi connectivity index (χ0n) is 22.6. The van der Waals surface area contributed by atoms with Gasteiger partial charge in [0.25, 0.3) is 0 Å². The molecule has 0 spiro atoms. The number of aromatic nitrogens is 2. The highest BCUT2D eigenvalue weighted by Gasteiger charge is 2.42. The van der Waals surface area contributed by atoms with Crippen LogP contribution in [0.3, 0.4) is 0 Å². The Bertz CT molecular complexity index is 1490. The Labute approximate surface area is 241 Å². The molecule has 0 saturated carbocycles. The van der Waals surface area contributed by atoms with Crippen molar-refractivity contribution in [1.82, 2.24) is 14.9 Å². The summed E-state index contributed by atoms with van der Waals surface area (Å²) >= 11 is 12.9. The average Bonchev–Trinajstić information content (AvgIpc) is 3.55. The zero-order valence-corrected chi connectivity index (χ0v) is 24.2. The number of piperidine rings is 1. The highest BCUT2D eigenvalue weighted by molar-refractivity contribution is 7.80. The predicted octanol–water partition coefficient (Wildman–Crippen LogP) is 7.56. The molecule has 2 atom stereocenters. The zero-order chi connectivity index (χ0) is 27.1. The van der Waals surface area contributed by atoms with Crippen molar-refractivity contribution in [3.63, 3.8) is 0 Å². The van der Waals surface area contributed by atoms with Crippen LogP contribution in [0.25, 0.3) is 5.69 Å². The van der Waals surface area contributed by atoms with Gasteiger partial charge < -0.3 is 19.7 Å². The molecule has 2 aliphatic heterocycles. The Morgan fingerprint density at radius 2 is 1.72 bits per heavy atom. The van der Waals surface area contributed by atoms with Crippen LogP contribution in [-0.2, 0) is 0 Å². The number of anilines is 2. The van der Waals surface area contributed by atoms with E-state index in [4.69, 9.17) is 28.8 Å². The Morgan fingerprint density at radius 1 is 0.923 bits per heavy atom. The highest BCUT2D eigenvalue weighted by Crippen LogP contribution is 2.44. The quantitative estimate of drug-likeness (QED) is 0.257. The van der Waals surface area contributed by atoms with Crippen LogP contribution in [0.15, 0.2) is 79.1 Å². The van der Waals surface area contributed by atoms with Crippen molar-refractivity contribution in [3.05, 3.63) is 107 Å². The minimum absolute atomic E-state index is 0.123. The first-order chi connectivity index (χ1) is 18.9. The van der Waals surface area contributed by atoms with Gasteiger partial charge in [-0.1, -0.05) is 30.7 Å². The fourth-order valence-electron chi connectivity index (χ4n) is 5.83. The molecule has 200 valence electrons. The van der Waals surface area contributed by atoms with Crippen LogP contribution < -0.4 is 15.1 Å². The third-order valence-electron chi connectivity index (χ3n) is 8.28. The van der Waals surface area contributed by atoms with Gasteiger partial charge >= 0.3 is 0 Å². The first kappa shape index (κ1) is 25.9. The van der Waals surface area contributed by atoms with Gasteiger partial charge in [-0.05, 0) is 111 Å². The summed E-state index contributed by atoms with van der Waals surface area (Å²) in [4.78, 5) is 9.33. The minimum atomic E-state index is -0.124. The van der Waals surface area contributed by atoms with E-state index >= 15 is 0 Å². The lowest BCUT2D eigenvalue weighted by molar-refractivity contribution is 0.438. The normalized spacial score (nSPS) is 19.9. The van der Waals surface area contributed by atoms with Crippen molar-refractivity contribution in [2.75, 3.05) is 22.9 Å². The molecule has 2 aromatic heterocycles. The van der Waals surface area contributed by atoms with E-state index in [-0.39, 0.29) is 12.1 Å². The number of thiocarbonyl (C=S) groups is 1. The molecular weight excluding hydrogens is 522 g/mol. The number of hydrogen-bond acceptors (Lipinski definition) is 3. The molecule has 6 rings (SSSR count). The largest absolute Gasteiger partial charge is 0.370 e. The number of nitrogens with one attached hydrogen (secondary N) is 1. The van der Waals surface area contributed by atoms with Crippen LogP contribution in [0.1, 0.15) is 54.4 Å². The predicted molar refractivity (Wildman–Crippen MR) is 165 cm³/mol. The van der Waals surface area contributed by atoms with E-state index in [2.05, 4.69) is 101 Å². The summed E-state index contributed by atoms with van der Waals surface area (Å²) in [6, 6.07) is 23.1. The molecule has 0 radical (unpaired) electrons. The molecule has 2 fully saturated rings. The van der Waals surface area contributed by atoms with Crippen molar-refractivity contribution in [2.24, 2.45) is 5.92 Å². The molecule has 2 aromatic carbocycles. The van der Waals surface area contributed by atoms with Gasteiger partial charge in [0.15, 0.2) is 5.11 Å². The Hall–Kier alpha value is -3.35. The topological polar surface area (TPSA) is 36.3 Å². The highest BCUT2D eigenvalue weighted by atomic mass is 35.5. The summed E-state index contributed by atoms with van der Waals surface area (Å²) in [7, 11) is 0. The monoisotopic (exact) mass is 555 g/mol. The Kier molecular flexibility index (Phi) is 7.08. The van der Waals surface area contributed by atoms with Crippen molar-refractivity contribution >= 4 is 40.3 Å². The van der Waals surface area contributed by atoms with Gasteiger partial charge in [0, 0.05) is 42.6 Å². The summed E-state index contributed by atoms with van der Waals surface area (Å²) in [5, 5.41) is 5.01. The number of hydrogen-bond donors (Lipinski definition) is 1. The van der Waals surface area contributed by atoms with Crippen LogP contribution in [0.5, 0.6) is 0 Å². The van der Waals surface area contributed by atoms with Crippen LogP contribution in [-0.4, -0.2) is 27.8 Å². The van der Waals surface area contributed by atoms with E-state index in [0.29, 0.717) is 5.11 Å². The van der Waals surface area contributed by atoms with Crippen LogP contribution in [0.4, 0.5) is 11.4 Å². The Balaban J connectivity index is 1.43. The molecular formula is C32H34ClN5S. The SMILES string of the molecule is Cc1ccc(-n2cccc2[C@H]2[C@@H](c3ccccn3)NC(=S)N2c2ccc(N3CCC(C)CC3)c(Cl)c2)cc1C. The van der Waals surface area contributed by atoms with E-state index in [1.165, 1.54) is 24.0 Å². The second-order valence-electron chi connectivity index (χ2n) is 10.9. The molecule has 2 saturated heterocycles. The lowest BCUT2D eigenvalue weighted by Crippen LogP contribution is -2.33. The van der Waals surface area contributed by atoms with E-state index in [1.54, 1.807) is 0 Å². The summed E-state index contributed by atoms with van der Waals surface area (Å²) in [6.07, 6.45) is 6.36. The van der Waals surface area contributed by atoms with Crippen LogP contribution in [0, 0.1) is 19.8 Å². The van der Waals surface area contributed by atoms with Crippen molar-refractivity contribution in [2.45, 2.75) is 45.7 Å². The first-order valence-corrected chi connectivity index (χ1v) is 14.5. The molecule has 4 aromatic rings. The number of rotatable bonds is 5. The molecule has 7 heteroatoms. The summed E-state index contributed by atoms with van der Waals surface area (Å²) in [5.41, 5.74) is 7.83. The van der Waals surface area contributed by atoms with Crippen molar-refractivity contribution in [3.8, 4) is 5.69 Å². The Morgan fingerprint density at radius 3 is 2.44 bits per heavy atom. The summed E-state index contributed by atoms with van der Waals surface area (Å²) in [5.74, 6) is 0.769. The van der Waals surface area contributed by atoms with Crippen LogP contribution >= 0.6 is 23.8 Å². The molecule has 2 aliphatic rings. The minimum Gasteiger partial charge on any atom is -0.370 e. The van der Waals surface area contributed by atoms with Gasteiger partial charge in [-0.2, -0.15) is 0 Å². The van der Waals surface area contributed by atoms with E-state index in [9.17, 15) is 0 Å². The maximum Gasteiger partial charge on any atom is 0.174 e. The molecule has 0 amide bonds. The van der Waals surface area contributed by atoms with Gasteiger partial charge in [0.1, 0.15) is 6.04 Å². The molecule has 0 bridgehead atoms. The van der Waals surface area contributed by atoms with Gasteiger partial charge in [-0.25, -0.2) is 0 Å². The van der Waals surface area contributed by atoms with Crippen LogP contribution in [0.2, 0.25) is 5.02 Å². The molecule has 39 heavy (non-hydrogen) atoms. The van der Waals surface area contributed by atoms with E-state index < -0.39 is 0 Å². The lowest BCUT2D eigenvalue weighted by atomic mass is 9.98. The van der Waals surface area contributed by atoms with E-state index in [0.717, 1.165) is 52.5 Å². The smallest absolute Gasteiger partial charge is 0.174 e. The van der Waals surface area contributed by atoms with E-state index in [1.807, 2.05) is 18.3 Å². The molecule has 4 heterocycles. The second kappa shape index (κ2) is 10.7. The number of pyridine rings is 1. The third kappa shape index (κ3) is 4.92. The van der Waals surface area contributed by atoms with Gasteiger partial charge in [-0.3, -0.25) is 4.98 Å². The maximum atomic E-state index is 6.96. The lowest BCUT2D eigenvalue weighted by Gasteiger charge is -2.33. The summed E-state index contributed by atoms with van der Waals surface area (Å²) in [6.45, 7) is 8.71. The number of nitrogens with zero attached hydrogens (tertiary/aromatic N) is 4. The van der Waals surface area contributed by atoms with Crippen molar-refractivity contribution < 1.29 is 0 Å². The van der Waals surface area contributed by atoms with Crippen molar-refractivity contribution in [1.29, 1.82) is 0 Å². The molecule has 1 N–H and O–H groups in total. The molecule has 0 unspecified atom stereocenters. The summed E-state index contributed by atoms with van der Waals surface area (Å²) < 4.78 is 2.26. The van der Waals surface area contributed by atoms with Gasteiger partial charge in [0.2, 0.25) is 0 Å². The first-order valence-electron chi connectivity index (χ1n) is 13.7. The third-order valence-corrected chi connectivity index (χ3v) is 8.90. The number of benzene rings is 2. The fourth-order valence-corrected chi connectivity index (χ4v) is 6.47. The number of aryl methyl sites for hydroxylation is 2. The maximum absolute atomic E-state index is 6.96. The molecule has 0 aliphatic carbocycles. The fraction of sp³-hybridized carbons (Fsp3) is 0.312. The standard InChI is InChI=1S/C32H34ClN5S/c1-21-13-17-36(18-14-21)28-12-11-25(20-26(28)33)38-31(30(35-32(38)39)27-7-4-5-15-34-27)29-8-6-16-37(29)24-10-9-22(2)23(3)19-24/h4-12,15-16,19-21,30-31H,13-14,17-18H2,1-3H3,(H,35,39)/t30-,31+/m1/s1. The molecule has 5 nitrogen and oxygen atoms in total. The van der Waals surface area contributed by atoms with Gasteiger partial charge in [0.05, 0.1) is 22.4 Å². The number of halogens is 1.